The van der Waals surface area contributed by atoms with Gasteiger partial charge in [-0.05, 0) is 25.6 Å². The Balaban J connectivity index is 0.00000324. The Morgan fingerprint density at radius 2 is 2.00 bits per heavy atom. The van der Waals surface area contributed by atoms with Crippen LogP contribution in [0.3, 0.4) is 0 Å². The van der Waals surface area contributed by atoms with Crippen LogP contribution in [0.4, 0.5) is 0 Å². The molecule has 1 aromatic carbocycles. The van der Waals surface area contributed by atoms with Gasteiger partial charge in [0, 0.05) is 8.07 Å². The van der Waals surface area contributed by atoms with Gasteiger partial charge in [0.05, 0.1) is 0 Å². The van der Waals surface area contributed by atoms with Gasteiger partial charge in [0.1, 0.15) is 0 Å². The molecule has 0 atom stereocenters. The molecule has 0 aliphatic rings. The Morgan fingerprint density at radius 1 is 1.32 bits per heavy atom. The van der Waals surface area contributed by atoms with Crippen molar-refractivity contribution in [1.82, 2.24) is 0 Å². The molecule has 19 heavy (non-hydrogen) atoms. The van der Waals surface area contributed by atoms with Gasteiger partial charge in [0.25, 0.3) is 0 Å². The molecule has 0 nitrogen and oxygen atoms in total. The zero-order chi connectivity index (χ0) is 13.6. The SMILES string of the molecule is CC(C)=CCc1ccc[c-]c1SCC[Si](C)(C)C.[Li+]. The molecule has 0 saturated heterocycles. The van der Waals surface area contributed by atoms with Crippen LogP contribution in [0.5, 0.6) is 0 Å². The molecule has 0 N–H and O–H groups in total. The van der Waals surface area contributed by atoms with Crippen molar-refractivity contribution >= 4 is 19.8 Å². The van der Waals surface area contributed by atoms with E-state index in [1.54, 1.807) is 0 Å². The van der Waals surface area contributed by atoms with Gasteiger partial charge < -0.3 is 0 Å². The van der Waals surface area contributed by atoms with Crippen LogP contribution in [0.1, 0.15) is 19.4 Å². The van der Waals surface area contributed by atoms with Crippen molar-refractivity contribution in [3.8, 4) is 0 Å². The van der Waals surface area contributed by atoms with Crippen LogP contribution in [0, 0.1) is 6.07 Å². The Bertz CT molecular complexity index is 403. The zero-order valence-corrected chi connectivity index (χ0v) is 15.2. The van der Waals surface area contributed by atoms with E-state index in [1.807, 2.05) is 17.8 Å². The number of thioether (sulfide) groups is 1. The maximum atomic E-state index is 3.40. The fourth-order valence-corrected chi connectivity index (χ4v) is 5.07. The summed E-state index contributed by atoms with van der Waals surface area (Å²) in [5.41, 5.74) is 2.80. The molecule has 0 aliphatic heterocycles. The summed E-state index contributed by atoms with van der Waals surface area (Å²) in [6.45, 7) is 11.6. The van der Waals surface area contributed by atoms with Gasteiger partial charge in [-0.15, -0.1) is 10.5 Å². The van der Waals surface area contributed by atoms with Crippen LogP contribution in [0.15, 0.2) is 34.7 Å². The first-order valence-electron chi connectivity index (χ1n) is 6.64. The Hall–Kier alpha value is 0.124. The average Bonchev–Trinajstić information content (AvgIpc) is 2.26. The van der Waals surface area contributed by atoms with Crippen LogP contribution in [0.2, 0.25) is 25.7 Å². The minimum Gasteiger partial charge on any atom is -0.176 e. The number of benzene rings is 1. The molecule has 0 spiro atoms. The number of hydrogen-bond acceptors (Lipinski definition) is 1. The predicted molar refractivity (Wildman–Crippen MR) is 87.3 cm³/mol. The predicted octanol–water partition coefficient (Wildman–Crippen LogP) is 2.43. The summed E-state index contributed by atoms with van der Waals surface area (Å²) in [7, 11) is -0.911. The Morgan fingerprint density at radius 3 is 2.58 bits per heavy atom. The van der Waals surface area contributed by atoms with Crippen LogP contribution < -0.4 is 18.9 Å². The smallest absolute Gasteiger partial charge is 0.176 e. The van der Waals surface area contributed by atoms with Crippen LogP contribution in [-0.4, -0.2) is 13.8 Å². The molecule has 1 aromatic rings. The third-order valence-electron chi connectivity index (χ3n) is 2.73. The molecule has 0 saturated carbocycles. The number of allylic oxidation sites excluding steroid dienone is 2. The zero-order valence-electron chi connectivity index (χ0n) is 13.3. The molecule has 0 aromatic heterocycles. The standard InChI is InChI=1S/C16H25SSi.Li/c1-14(2)10-11-15-8-6-7-9-16(15)17-12-13-18(3,4)5;/h6-8,10H,11-13H2,1-5H3;/q-1;+1. The first-order chi connectivity index (χ1) is 8.38. The fourth-order valence-electron chi connectivity index (χ4n) is 1.52. The van der Waals surface area contributed by atoms with Gasteiger partial charge in [-0.2, -0.15) is 36.0 Å². The molecule has 100 valence electrons. The summed E-state index contributed by atoms with van der Waals surface area (Å²) in [5, 5.41) is 0. The van der Waals surface area contributed by atoms with E-state index in [0.29, 0.717) is 0 Å². The molecule has 0 bridgehead atoms. The van der Waals surface area contributed by atoms with Gasteiger partial charge in [0.2, 0.25) is 0 Å². The van der Waals surface area contributed by atoms with Gasteiger partial charge in [-0.1, -0.05) is 37.7 Å². The first kappa shape index (κ1) is 19.1. The van der Waals surface area contributed by atoms with E-state index in [4.69, 9.17) is 0 Å². The summed E-state index contributed by atoms with van der Waals surface area (Å²) in [4.78, 5) is 1.34. The topological polar surface area (TPSA) is 0 Å². The molecule has 0 aliphatic carbocycles. The van der Waals surface area contributed by atoms with E-state index < -0.39 is 8.07 Å². The molecule has 0 amide bonds. The second-order valence-electron chi connectivity index (χ2n) is 6.17. The van der Waals surface area contributed by atoms with E-state index in [0.717, 1.165) is 6.42 Å². The Kier molecular flexibility index (Phi) is 9.19. The molecule has 3 heteroatoms. The van der Waals surface area contributed by atoms with Crippen molar-refractivity contribution in [2.45, 2.75) is 50.8 Å². The van der Waals surface area contributed by atoms with Crippen LogP contribution in [-0.2, 0) is 6.42 Å². The number of rotatable bonds is 6. The van der Waals surface area contributed by atoms with Crippen molar-refractivity contribution in [3.63, 3.8) is 0 Å². The van der Waals surface area contributed by atoms with E-state index in [1.165, 1.54) is 27.8 Å². The third-order valence-corrected chi connectivity index (χ3v) is 5.92. The molecule has 0 unspecified atom stereocenters. The summed E-state index contributed by atoms with van der Waals surface area (Å²) >= 11 is 1.98. The molecule has 1 rings (SSSR count). The van der Waals surface area contributed by atoms with Crippen molar-refractivity contribution in [3.05, 3.63) is 41.5 Å². The van der Waals surface area contributed by atoms with E-state index in [-0.39, 0.29) is 18.9 Å². The molecule has 0 radical (unpaired) electrons. The minimum absolute atomic E-state index is 0. The van der Waals surface area contributed by atoms with Crippen molar-refractivity contribution < 1.29 is 18.9 Å². The van der Waals surface area contributed by atoms with Gasteiger partial charge in [-0.3, -0.25) is 0 Å². The summed E-state index contributed by atoms with van der Waals surface area (Å²) in [5.74, 6) is 1.23. The maximum Gasteiger partial charge on any atom is 1.00 e. The monoisotopic (exact) mass is 284 g/mol. The normalized spacial score (nSPS) is 10.8. The Labute approximate surface area is 136 Å². The minimum atomic E-state index is -0.911. The van der Waals surface area contributed by atoms with Crippen molar-refractivity contribution in [1.29, 1.82) is 0 Å². The van der Waals surface area contributed by atoms with Gasteiger partial charge in [-0.25, -0.2) is 0 Å². The molecule has 0 heterocycles. The van der Waals surface area contributed by atoms with E-state index in [2.05, 4.69) is 57.8 Å². The van der Waals surface area contributed by atoms with Gasteiger partial charge in [0.15, 0.2) is 0 Å². The second-order valence-corrected chi connectivity index (χ2v) is 12.9. The van der Waals surface area contributed by atoms with Gasteiger partial charge >= 0.3 is 18.9 Å². The van der Waals surface area contributed by atoms with E-state index >= 15 is 0 Å². The van der Waals surface area contributed by atoms with Crippen LogP contribution >= 0.6 is 11.8 Å². The largest absolute Gasteiger partial charge is 1.00 e. The second kappa shape index (κ2) is 9.13. The average molecular weight is 284 g/mol. The number of hydrogen-bond donors (Lipinski definition) is 0. The maximum absolute atomic E-state index is 3.40. The third kappa shape index (κ3) is 8.81. The summed E-state index contributed by atoms with van der Waals surface area (Å²) in [6, 6.07) is 11.1. The van der Waals surface area contributed by atoms with E-state index in [9.17, 15) is 0 Å². The molecular formula is C16H25LiSSi. The quantitative estimate of drug-likeness (QED) is 0.335. The molecule has 0 fully saturated rings. The van der Waals surface area contributed by atoms with Crippen LogP contribution in [0.25, 0.3) is 0 Å². The fraction of sp³-hybridized carbons (Fsp3) is 0.500. The summed E-state index contributed by atoms with van der Waals surface area (Å²) in [6.07, 6.45) is 3.33. The van der Waals surface area contributed by atoms with Crippen molar-refractivity contribution in [2.75, 3.05) is 5.75 Å². The molecular weight excluding hydrogens is 259 g/mol. The summed E-state index contributed by atoms with van der Waals surface area (Å²) < 4.78 is 0. The van der Waals surface area contributed by atoms with Crippen molar-refractivity contribution in [2.24, 2.45) is 0 Å². The first-order valence-corrected chi connectivity index (χ1v) is 11.3.